The van der Waals surface area contributed by atoms with Gasteiger partial charge in [0.15, 0.2) is 0 Å². The van der Waals surface area contributed by atoms with Crippen LogP contribution in [0.2, 0.25) is 0 Å². The fourth-order valence-corrected chi connectivity index (χ4v) is 3.49. The average molecular weight is 321 g/mol. The van der Waals surface area contributed by atoms with Gasteiger partial charge in [0, 0.05) is 45.2 Å². The first kappa shape index (κ1) is 18.3. The molecule has 2 heterocycles. The molecule has 130 valence electrons. The van der Waals surface area contributed by atoms with E-state index in [9.17, 15) is 5.26 Å². The third-order valence-corrected chi connectivity index (χ3v) is 4.81. The minimum Gasteiger partial charge on any atom is -0.377 e. The summed E-state index contributed by atoms with van der Waals surface area (Å²) in [4.78, 5) is 4.56. The van der Waals surface area contributed by atoms with Gasteiger partial charge in [0.2, 0.25) is 0 Å². The predicted octanol–water partition coefficient (Wildman–Crippen LogP) is 2.39. The third-order valence-electron chi connectivity index (χ3n) is 4.81. The van der Waals surface area contributed by atoms with Crippen LogP contribution in [0.4, 0.5) is 0 Å². The van der Waals surface area contributed by atoms with Gasteiger partial charge in [-0.2, -0.15) is 5.26 Å². The van der Waals surface area contributed by atoms with Crippen molar-refractivity contribution in [2.24, 2.45) is 0 Å². The van der Waals surface area contributed by atoms with Gasteiger partial charge in [0.25, 0.3) is 0 Å². The molecule has 0 aromatic rings. The van der Waals surface area contributed by atoms with Crippen molar-refractivity contribution in [3.63, 3.8) is 0 Å². The fraction of sp³-hybridized carbons (Fsp3) is 0.833. The van der Waals surface area contributed by atoms with Gasteiger partial charge >= 0.3 is 0 Å². The van der Waals surface area contributed by atoms with Crippen LogP contribution in [0.3, 0.4) is 0 Å². The molecule has 2 rings (SSSR count). The molecule has 0 spiro atoms. The molecule has 1 unspecified atom stereocenters. The molecule has 5 nitrogen and oxygen atoms in total. The number of nitrogens with zero attached hydrogens (tertiary/aromatic N) is 3. The summed E-state index contributed by atoms with van der Waals surface area (Å²) in [7, 11) is 2.10. The minimum atomic E-state index is -0.407. The van der Waals surface area contributed by atoms with Crippen LogP contribution in [-0.4, -0.2) is 66.9 Å². The zero-order valence-corrected chi connectivity index (χ0v) is 15.3. The number of hydrogen-bond donors (Lipinski definition) is 0. The van der Waals surface area contributed by atoms with Crippen LogP contribution >= 0.6 is 0 Å². The zero-order valence-electron chi connectivity index (χ0n) is 15.3. The molecular weight excluding hydrogens is 290 g/mol. The van der Waals surface area contributed by atoms with Crippen LogP contribution in [0.5, 0.6) is 0 Å². The van der Waals surface area contributed by atoms with Gasteiger partial charge in [0.05, 0.1) is 31.0 Å². The molecule has 23 heavy (non-hydrogen) atoms. The average Bonchev–Trinajstić information content (AvgIpc) is 2.96. The standard InChI is InChI=1S/C18H31N3O2/c1-15(2)22-11-9-20(5)16-6-8-21(12-16)18(14-19)7-10-23-17(3,4)13-18/h6,15H,7-13H2,1-5H3. The second-order valence-electron chi connectivity index (χ2n) is 7.60. The highest BCUT2D eigenvalue weighted by molar-refractivity contribution is 5.20. The molecule has 0 N–H and O–H groups in total. The van der Waals surface area contributed by atoms with E-state index in [-0.39, 0.29) is 11.7 Å². The van der Waals surface area contributed by atoms with Crippen LogP contribution in [0, 0.1) is 11.3 Å². The Morgan fingerprint density at radius 2 is 2.22 bits per heavy atom. The quantitative estimate of drug-likeness (QED) is 0.752. The van der Waals surface area contributed by atoms with Crippen molar-refractivity contribution < 1.29 is 9.47 Å². The van der Waals surface area contributed by atoms with E-state index in [0.29, 0.717) is 6.61 Å². The Morgan fingerprint density at radius 1 is 1.48 bits per heavy atom. The molecule has 1 fully saturated rings. The SMILES string of the molecule is CC(C)OCCN(C)C1=CCN(C2(C#N)CCOC(C)(C)C2)C1. The summed E-state index contributed by atoms with van der Waals surface area (Å²) in [5.74, 6) is 0. The number of nitriles is 1. The van der Waals surface area contributed by atoms with Gasteiger partial charge in [-0.3, -0.25) is 4.90 Å². The fourth-order valence-electron chi connectivity index (χ4n) is 3.49. The van der Waals surface area contributed by atoms with E-state index in [0.717, 1.165) is 39.1 Å². The molecule has 2 aliphatic heterocycles. The van der Waals surface area contributed by atoms with E-state index in [1.165, 1.54) is 5.70 Å². The first-order valence-electron chi connectivity index (χ1n) is 8.60. The van der Waals surface area contributed by atoms with E-state index < -0.39 is 5.54 Å². The summed E-state index contributed by atoms with van der Waals surface area (Å²) < 4.78 is 11.4. The number of hydrogen-bond acceptors (Lipinski definition) is 5. The number of ether oxygens (including phenoxy) is 2. The molecule has 0 aliphatic carbocycles. The van der Waals surface area contributed by atoms with Crippen LogP contribution in [-0.2, 0) is 9.47 Å². The first-order valence-corrected chi connectivity index (χ1v) is 8.60. The van der Waals surface area contributed by atoms with E-state index >= 15 is 0 Å². The summed E-state index contributed by atoms with van der Waals surface area (Å²) in [6.45, 7) is 12.2. The van der Waals surface area contributed by atoms with Crippen molar-refractivity contribution in [1.82, 2.24) is 9.80 Å². The number of likely N-dealkylation sites (N-methyl/N-ethyl adjacent to an activating group) is 1. The van der Waals surface area contributed by atoms with E-state index in [4.69, 9.17) is 9.47 Å². The Balaban J connectivity index is 1.93. The maximum Gasteiger partial charge on any atom is 0.114 e. The zero-order chi connectivity index (χ0) is 17.1. The van der Waals surface area contributed by atoms with Gasteiger partial charge in [-0.15, -0.1) is 0 Å². The predicted molar refractivity (Wildman–Crippen MR) is 91.0 cm³/mol. The Morgan fingerprint density at radius 3 is 2.83 bits per heavy atom. The lowest BCUT2D eigenvalue weighted by Crippen LogP contribution is -2.55. The summed E-state index contributed by atoms with van der Waals surface area (Å²) >= 11 is 0. The molecule has 0 bridgehead atoms. The first-order chi connectivity index (χ1) is 10.8. The maximum atomic E-state index is 9.86. The molecule has 5 heteroatoms. The lowest BCUT2D eigenvalue weighted by molar-refractivity contribution is -0.0992. The molecular formula is C18H31N3O2. The van der Waals surface area contributed by atoms with Gasteiger partial charge in [-0.05, 0) is 33.8 Å². The molecule has 0 radical (unpaired) electrons. The van der Waals surface area contributed by atoms with Crippen molar-refractivity contribution >= 4 is 0 Å². The Kier molecular flexibility index (Phi) is 5.72. The molecule has 2 aliphatic rings. The summed E-state index contributed by atoms with van der Waals surface area (Å²) in [6.07, 6.45) is 4.06. The lowest BCUT2D eigenvalue weighted by atomic mass is 9.81. The van der Waals surface area contributed by atoms with E-state index in [1.54, 1.807) is 0 Å². The van der Waals surface area contributed by atoms with Crippen LogP contribution in [0.15, 0.2) is 11.8 Å². The normalized spacial score (nSPS) is 27.8. The van der Waals surface area contributed by atoms with Crippen molar-refractivity contribution in [1.29, 1.82) is 5.26 Å². The maximum absolute atomic E-state index is 9.86. The van der Waals surface area contributed by atoms with Crippen molar-refractivity contribution in [2.45, 2.75) is 57.8 Å². The minimum absolute atomic E-state index is 0.228. The topological polar surface area (TPSA) is 48.7 Å². The molecule has 0 aromatic heterocycles. The smallest absolute Gasteiger partial charge is 0.114 e. The van der Waals surface area contributed by atoms with Crippen molar-refractivity contribution in [2.75, 3.05) is 39.9 Å². The monoisotopic (exact) mass is 321 g/mol. The van der Waals surface area contributed by atoms with E-state index in [2.05, 4.69) is 56.7 Å². The highest BCUT2D eigenvalue weighted by Crippen LogP contribution is 2.37. The Hall–Kier alpha value is -1.09. The van der Waals surface area contributed by atoms with Crippen molar-refractivity contribution in [3.8, 4) is 6.07 Å². The van der Waals surface area contributed by atoms with Gasteiger partial charge in [-0.1, -0.05) is 0 Å². The molecule has 1 saturated heterocycles. The van der Waals surface area contributed by atoms with Crippen LogP contribution in [0.25, 0.3) is 0 Å². The Bertz CT molecular complexity index is 481. The van der Waals surface area contributed by atoms with E-state index in [1.807, 2.05) is 0 Å². The lowest BCUT2D eigenvalue weighted by Gasteiger charge is -2.45. The highest BCUT2D eigenvalue weighted by atomic mass is 16.5. The van der Waals surface area contributed by atoms with Gasteiger partial charge in [0.1, 0.15) is 5.54 Å². The molecule has 0 amide bonds. The second kappa shape index (κ2) is 7.21. The molecule has 0 saturated carbocycles. The highest BCUT2D eigenvalue weighted by Gasteiger charge is 2.46. The number of rotatable bonds is 6. The Labute approximate surface area is 140 Å². The summed E-state index contributed by atoms with van der Waals surface area (Å²) in [5, 5.41) is 9.86. The summed E-state index contributed by atoms with van der Waals surface area (Å²) in [5.41, 5.74) is 0.652. The second-order valence-corrected chi connectivity index (χ2v) is 7.60. The van der Waals surface area contributed by atoms with Crippen LogP contribution in [0.1, 0.15) is 40.5 Å². The summed E-state index contributed by atoms with van der Waals surface area (Å²) in [6, 6.07) is 2.60. The van der Waals surface area contributed by atoms with Crippen LogP contribution < -0.4 is 0 Å². The van der Waals surface area contributed by atoms with Gasteiger partial charge < -0.3 is 14.4 Å². The van der Waals surface area contributed by atoms with Gasteiger partial charge in [-0.25, -0.2) is 0 Å². The molecule has 1 atom stereocenters. The van der Waals surface area contributed by atoms with Crippen molar-refractivity contribution in [3.05, 3.63) is 11.8 Å². The molecule has 0 aromatic carbocycles. The third kappa shape index (κ3) is 4.47. The largest absolute Gasteiger partial charge is 0.377 e.